The molecule has 2 amide bonds. The van der Waals surface area contributed by atoms with Crippen LogP contribution in [0.1, 0.15) is 34.6 Å². The van der Waals surface area contributed by atoms with E-state index in [1.807, 2.05) is 0 Å². The zero-order valence-corrected chi connectivity index (χ0v) is 18.8. The monoisotopic (exact) mass is 480 g/mol. The minimum atomic E-state index is -4.37. The molecule has 12 nitrogen and oxygen atoms in total. The van der Waals surface area contributed by atoms with Crippen LogP contribution < -0.4 is 10.0 Å². The van der Waals surface area contributed by atoms with Crippen LogP contribution in [0.3, 0.4) is 0 Å². The standard InChI is InChI=1S/C14H14N4O5S.C6H10O3/c1-8-7-9(2)16-13(15-8)17-14(21)18-24(22,23)11-6-4-3-5-10(11)12(19)20;1-3-7-5(1)9-6-2-4-8-6/h3-7H,1-2H3,(H,19,20)(H2,15,16,17,18,21);5-6H,1-4H2. The van der Waals surface area contributed by atoms with Crippen LogP contribution in [0.25, 0.3) is 0 Å². The second kappa shape index (κ2) is 10.7. The smallest absolute Gasteiger partial charge is 0.337 e. The highest BCUT2D eigenvalue weighted by atomic mass is 32.2. The second-order valence-electron chi connectivity index (χ2n) is 7.15. The maximum absolute atomic E-state index is 12.2. The van der Waals surface area contributed by atoms with E-state index in [0.29, 0.717) is 11.4 Å². The third kappa shape index (κ3) is 6.92. The van der Waals surface area contributed by atoms with Gasteiger partial charge >= 0.3 is 12.0 Å². The van der Waals surface area contributed by atoms with Crippen molar-refractivity contribution in [2.24, 2.45) is 0 Å². The molecule has 0 spiro atoms. The van der Waals surface area contributed by atoms with Crippen LogP contribution >= 0.6 is 0 Å². The predicted molar refractivity (Wildman–Crippen MR) is 114 cm³/mol. The van der Waals surface area contributed by atoms with Crippen molar-refractivity contribution in [2.45, 2.75) is 44.2 Å². The average Bonchev–Trinajstić information content (AvgIpc) is 2.64. The number of aryl methyl sites for hydroxylation is 2. The first-order chi connectivity index (χ1) is 15.6. The number of amides is 2. The number of benzene rings is 1. The highest BCUT2D eigenvalue weighted by molar-refractivity contribution is 7.90. The predicted octanol–water partition coefficient (Wildman–Crippen LogP) is 1.80. The number of ether oxygens (including phenoxy) is 3. The van der Waals surface area contributed by atoms with Crippen LogP contribution in [0, 0.1) is 13.8 Å². The molecule has 13 heteroatoms. The normalized spacial score (nSPS) is 19.2. The fourth-order valence-electron chi connectivity index (χ4n) is 2.78. The quantitative estimate of drug-likeness (QED) is 0.555. The van der Waals surface area contributed by atoms with Crippen LogP contribution in [0.5, 0.6) is 0 Å². The van der Waals surface area contributed by atoms with Gasteiger partial charge in [0.25, 0.3) is 10.0 Å². The van der Waals surface area contributed by atoms with Crippen LogP contribution in [-0.4, -0.2) is 61.3 Å². The number of rotatable bonds is 6. The first-order valence-corrected chi connectivity index (χ1v) is 11.5. The Bertz CT molecular complexity index is 1080. The zero-order valence-electron chi connectivity index (χ0n) is 18.0. The van der Waals surface area contributed by atoms with Gasteiger partial charge in [0.05, 0.1) is 18.8 Å². The summed E-state index contributed by atoms with van der Waals surface area (Å²) in [5, 5.41) is 11.2. The van der Waals surface area contributed by atoms with Gasteiger partial charge in [0, 0.05) is 24.2 Å². The summed E-state index contributed by atoms with van der Waals surface area (Å²) in [5.74, 6) is -1.49. The lowest BCUT2D eigenvalue weighted by atomic mass is 10.2. The molecule has 0 radical (unpaired) electrons. The second-order valence-corrected chi connectivity index (χ2v) is 8.80. The van der Waals surface area contributed by atoms with Crippen LogP contribution in [-0.2, 0) is 24.2 Å². The molecule has 3 N–H and O–H groups in total. The van der Waals surface area contributed by atoms with Crippen LogP contribution in [0.2, 0.25) is 0 Å². The van der Waals surface area contributed by atoms with E-state index in [2.05, 4.69) is 15.3 Å². The molecule has 4 rings (SSSR count). The number of hydrogen-bond donors (Lipinski definition) is 3. The number of hydrogen-bond acceptors (Lipinski definition) is 9. The van der Waals surface area contributed by atoms with Crippen molar-refractivity contribution in [3.63, 3.8) is 0 Å². The third-order valence-corrected chi connectivity index (χ3v) is 5.85. The first-order valence-electron chi connectivity index (χ1n) is 10.0. The molecule has 2 atom stereocenters. The average molecular weight is 480 g/mol. The Hall–Kier alpha value is -3.13. The molecule has 178 valence electrons. The molecule has 2 aromatic rings. The van der Waals surface area contributed by atoms with Crippen molar-refractivity contribution in [3.8, 4) is 0 Å². The number of nitrogens with zero attached hydrogens (tertiary/aromatic N) is 2. The number of aromatic carboxylic acids is 1. The summed E-state index contributed by atoms with van der Waals surface area (Å²) >= 11 is 0. The van der Waals surface area contributed by atoms with Crippen molar-refractivity contribution in [3.05, 3.63) is 47.3 Å². The van der Waals surface area contributed by atoms with Gasteiger partial charge in [-0.2, -0.15) is 0 Å². The van der Waals surface area contributed by atoms with Gasteiger partial charge in [-0.3, -0.25) is 5.32 Å². The maximum Gasteiger partial charge on any atom is 0.337 e. The number of carbonyl (C=O) groups is 2. The highest BCUT2D eigenvalue weighted by Crippen LogP contribution is 2.20. The molecular formula is C20H24N4O8S. The number of carboxylic acid groups (broad SMARTS) is 1. The third-order valence-electron chi connectivity index (χ3n) is 4.46. The Morgan fingerprint density at radius 2 is 1.61 bits per heavy atom. The maximum atomic E-state index is 12.2. The molecule has 2 unspecified atom stereocenters. The Labute approximate surface area is 190 Å². The van der Waals surface area contributed by atoms with Crippen LogP contribution in [0.4, 0.5) is 10.7 Å². The number of aromatic nitrogens is 2. The van der Waals surface area contributed by atoms with Crippen molar-refractivity contribution in [1.29, 1.82) is 0 Å². The number of carboxylic acids is 1. The summed E-state index contributed by atoms with van der Waals surface area (Å²) in [6.07, 6.45) is 2.13. The number of anilines is 1. The molecule has 2 aliphatic heterocycles. The molecule has 33 heavy (non-hydrogen) atoms. The Kier molecular flexibility index (Phi) is 7.92. The Balaban J connectivity index is 0.000000280. The van der Waals surface area contributed by atoms with Gasteiger partial charge in [0.1, 0.15) is 4.90 Å². The van der Waals surface area contributed by atoms with Crippen molar-refractivity contribution in [2.75, 3.05) is 18.5 Å². The molecule has 0 aliphatic carbocycles. The van der Waals surface area contributed by atoms with Gasteiger partial charge in [0.15, 0.2) is 12.6 Å². The van der Waals surface area contributed by atoms with E-state index in [1.165, 1.54) is 12.1 Å². The molecule has 0 saturated carbocycles. The van der Waals surface area contributed by atoms with E-state index < -0.39 is 32.5 Å². The van der Waals surface area contributed by atoms with Crippen molar-refractivity contribution < 1.29 is 37.3 Å². The summed E-state index contributed by atoms with van der Waals surface area (Å²) in [6, 6.07) is 5.54. The number of nitrogens with one attached hydrogen (secondary N) is 2. The topological polar surface area (TPSA) is 166 Å². The lowest BCUT2D eigenvalue weighted by Gasteiger charge is -2.34. The summed E-state index contributed by atoms with van der Waals surface area (Å²) in [6.45, 7) is 5.07. The van der Waals surface area contributed by atoms with Gasteiger partial charge in [-0.05, 0) is 32.0 Å². The van der Waals surface area contributed by atoms with Gasteiger partial charge in [0.2, 0.25) is 5.95 Å². The van der Waals surface area contributed by atoms with E-state index in [-0.39, 0.29) is 18.5 Å². The molecule has 2 saturated heterocycles. The summed E-state index contributed by atoms with van der Waals surface area (Å²) in [5.41, 5.74) is 0.745. The largest absolute Gasteiger partial charge is 0.478 e. The van der Waals surface area contributed by atoms with Crippen LogP contribution in [0.15, 0.2) is 35.2 Å². The molecule has 2 aliphatic rings. The number of urea groups is 1. The van der Waals surface area contributed by atoms with E-state index in [4.69, 9.17) is 19.3 Å². The van der Waals surface area contributed by atoms with Gasteiger partial charge in [-0.1, -0.05) is 12.1 Å². The fourth-order valence-corrected chi connectivity index (χ4v) is 3.88. The number of sulfonamides is 1. The lowest BCUT2D eigenvalue weighted by Crippen LogP contribution is -2.39. The van der Waals surface area contributed by atoms with Gasteiger partial charge < -0.3 is 19.3 Å². The van der Waals surface area contributed by atoms with E-state index in [9.17, 15) is 18.0 Å². The van der Waals surface area contributed by atoms with Crippen molar-refractivity contribution >= 4 is 28.0 Å². The summed E-state index contributed by atoms with van der Waals surface area (Å²) < 4.78 is 41.5. The summed E-state index contributed by atoms with van der Waals surface area (Å²) in [7, 11) is -4.37. The van der Waals surface area contributed by atoms with Gasteiger partial charge in [-0.25, -0.2) is 32.7 Å². The first kappa shape index (κ1) is 24.5. The minimum Gasteiger partial charge on any atom is -0.478 e. The zero-order chi connectivity index (χ0) is 24.0. The Morgan fingerprint density at radius 1 is 1.06 bits per heavy atom. The van der Waals surface area contributed by atoms with E-state index in [1.54, 1.807) is 24.6 Å². The lowest BCUT2D eigenvalue weighted by molar-refractivity contribution is -0.320. The number of carbonyl (C=O) groups excluding carboxylic acids is 1. The Morgan fingerprint density at radius 3 is 2.09 bits per heavy atom. The molecule has 3 heterocycles. The van der Waals surface area contributed by atoms with E-state index >= 15 is 0 Å². The highest BCUT2D eigenvalue weighted by Gasteiger charge is 2.27. The van der Waals surface area contributed by atoms with E-state index in [0.717, 1.165) is 38.2 Å². The fraction of sp³-hybridized carbons (Fsp3) is 0.400. The molecule has 1 aromatic carbocycles. The molecule has 2 fully saturated rings. The minimum absolute atomic E-state index is 0.0373. The molecular weight excluding hydrogens is 456 g/mol. The molecule has 0 bridgehead atoms. The molecule has 1 aromatic heterocycles. The SMILES string of the molecule is C1CC(OC2CCO2)O1.Cc1cc(C)nc(NC(=O)NS(=O)(=O)c2ccccc2C(=O)O)n1. The van der Waals surface area contributed by atoms with Gasteiger partial charge in [-0.15, -0.1) is 0 Å². The summed E-state index contributed by atoms with van der Waals surface area (Å²) in [4.78, 5) is 30.4. The van der Waals surface area contributed by atoms with Crippen molar-refractivity contribution in [1.82, 2.24) is 14.7 Å².